The molecule has 8 heteroatoms. The zero-order valence-corrected chi connectivity index (χ0v) is 21.5. The SMILES string of the molecule is Cc1cncc2cccc(S(=O)(=O)N(CC=CNC(=O)OC(C)(C)C)CCCc3ccccc3)c12. The molecule has 0 spiro atoms. The summed E-state index contributed by atoms with van der Waals surface area (Å²) in [4.78, 5) is 16.4. The molecule has 0 atom stereocenters. The van der Waals surface area contributed by atoms with Crippen LogP contribution in [-0.2, 0) is 21.2 Å². The van der Waals surface area contributed by atoms with Crippen molar-refractivity contribution in [2.45, 2.75) is 51.0 Å². The van der Waals surface area contributed by atoms with Gasteiger partial charge in [0.1, 0.15) is 5.60 Å². The van der Waals surface area contributed by atoms with E-state index in [1.165, 1.54) is 10.5 Å². The fourth-order valence-corrected chi connectivity index (χ4v) is 5.46. The molecule has 0 bridgehead atoms. The zero-order chi connectivity index (χ0) is 25.5. The lowest BCUT2D eigenvalue weighted by atomic mass is 10.1. The number of aromatic nitrogens is 1. The van der Waals surface area contributed by atoms with Crippen molar-refractivity contribution in [3.8, 4) is 0 Å². The number of alkyl carbamates (subject to hydrolysis) is 1. The van der Waals surface area contributed by atoms with Gasteiger partial charge < -0.3 is 4.74 Å². The van der Waals surface area contributed by atoms with Crippen molar-refractivity contribution in [2.75, 3.05) is 13.1 Å². The van der Waals surface area contributed by atoms with E-state index in [2.05, 4.69) is 10.3 Å². The lowest BCUT2D eigenvalue weighted by Gasteiger charge is -2.22. The third-order valence-electron chi connectivity index (χ3n) is 5.30. The molecule has 3 rings (SSSR count). The third kappa shape index (κ3) is 7.37. The van der Waals surface area contributed by atoms with Crippen LogP contribution >= 0.6 is 0 Å². The first-order valence-corrected chi connectivity index (χ1v) is 13.0. The van der Waals surface area contributed by atoms with Gasteiger partial charge in [-0.25, -0.2) is 13.2 Å². The summed E-state index contributed by atoms with van der Waals surface area (Å²) >= 11 is 0. The number of nitrogens with one attached hydrogen (secondary N) is 1. The Morgan fingerprint density at radius 1 is 1.09 bits per heavy atom. The number of sulfonamides is 1. The summed E-state index contributed by atoms with van der Waals surface area (Å²) in [5.41, 5.74) is 1.33. The van der Waals surface area contributed by atoms with Gasteiger partial charge in [-0.2, -0.15) is 4.31 Å². The van der Waals surface area contributed by atoms with Gasteiger partial charge in [0.2, 0.25) is 10.0 Å². The number of nitrogens with zero attached hydrogens (tertiary/aromatic N) is 2. The van der Waals surface area contributed by atoms with E-state index in [4.69, 9.17) is 4.74 Å². The Kier molecular flexibility index (Phi) is 8.64. The summed E-state index contributed by atoms with van der Waals surface area (Å²) in [6.07, 6.45) is 7.20. The first-order chi connectivity index (χ1) is 16.6. The molecule has 3 aromatic rings. The maximum absolute atomic E-state index is 13.8. The molecular formula is C27H33N3O4S. The van der Waals surface area contributed by atoms with Crippen LogP contribution in [0.15, 0.2) is 78.1 Å². The minimum Gasteiger partial charge on any atom is -0.444 e. The normalized spacial score (nSPS) is 12.4. The molecule has 0 fully saturated rings. The molecule has 0 radical (unpaired) electrons. The maximum atomic E-state index is 13.8. The van der Waals surface area contributed by atoms with Crippen LogP contribution in [0.5, 0.6) is 0 Å². The van der Waals surface area contributed by atoms with Crippen LogP contribution in [0.2, 0.25) is 0 Å². The number of benzene rings is 2. The lowest BCUT2D eigenvalue weighted by Crippen LogP contribution is -2.33. The molecule has 1 heterocycles. The smallest absolute Gasteiger partial charge is 0.411 e. The number of fused-ring (bicyclic) bond motifs is 1. The Morgan fingerprint density at radius 2 is 1.83 bits per heavy atom. The molecule has 0 aliphatic carbocycles. The average Bonchev–Trinajstić information content (AvgIpc) is 2.80. The van der Waals surface area contributed by atoms with Crippen LogP contribution in [0.3, 0.4) is 0 Å². The standard InChI is InChI=1S/C27H33N3O4S/c1-21-19-28-20-23-14-8-15-24(25(21)23)35(32,33)30(17-9-13-22-11-6-5-7-12-22)18-10-16-29-26(31)34-27(2,3)4/h5-8,10-12,14-16,19-20H,9,13,17-18H2,1-4H3,(H,29,31). The number of aryl methyl sites for hydroxylation is 2. The Labute approximate surface area is 207 Å². The highest BCUT2D eigenvalue weighted by Gasteiger charge is 2.26. The van der Waals surface area contributed by atoms with E-state index in [0.717, 1.165) is 22.9 Å². The Balaban J connectivity index is 1.83. The van der Waals surface area contributed by atoms with Gasteiger partial charge in [-0.15, -0.1) is 0 Å². The molecule has 0 aliphatic rings. The summed E-state index contributed by atoms with van der Waals surface area (Å²) < 4.78 is 34.3. The van der Waals surface area contributed by atoms with E-state index in [9.17, 15) is 13.2 Å². The minimum atomic E-state index is -3.82. The van der Waals surface area contributed by atoms with Crippen molar-refractivity contribution < 1.29 is 17.9 Å². The third-order valence-corrected chi connectivity index (χ3v) is 7.20. The molecule has 1 amide bonds. The van der Waals surface area contributed by atoms with E-state index in [1.54, 1.807) is 51.4 Å². The highest BCUT2D eigenvalue weighted by Crippen LogP contribution is 2.28. The van der Waals surface area contributed by atoms with Crippen LogP contribution in [0.1, 0.15) is 38.3 Å². The largest absolute Gasteiger partial charge is 0.444 e. The van der Waals surface area contributed by atoms with Crippen molar-refractivity contribution in [3.05, 3.63) is 84.3 Å². The van der Waals surface area contributed by atoms with E-state index < -0.39 is 21.7 Å². The fourth-order valence-electron chi connectivity index (χ4n) is 3.74. The molecule has 1 N–H and O–H groups in total. The molecule has 186 valence electrons. The second-order valence-corrected chi connectivity index (χ2v) is 11.2. The Hall–Kier alpha value is -3.23. The van der Waals surface area contributed by atoms with Crippen molar-refractivity contribution in [1.82, 2.24) is 14.6 Å². The Bertz CT molecular complexity index is 1280. The molecule has 0 aliphatic heterocycles. The van der Waals surface area contributed by atoms with Gasteiger partial charge >= 0.3 is 6.09 Å². The summed E-state index contributed by atoms with van der Waals surface area (Å²) in [7, 11) is -3.82. The van der Waals surface area contributed by atoms with Gasteiger partial charge in [0.15, 0.2) is 0 Å². The van der Waals surface area contributed by atoms with Crippen molar-refractivity contribution in [3.63, 3.8) is 0 Å². The molecule has 35 heavy (non-hydrogen) atoms. The molecule has 0 saturated heterocycles. The Morgan fingerprint density at radius 3 is 2.54 bits per heavy atom. The van der Waals surface area contributed by atoms with Crippen LogP contribution in [0.25, 0.3) is 10.8 Å². The number of amides is 1. The number of carbonyl (C=O) groups is 1. The molecule has 0 unspecified atom stereocenters. The average molecular weight is 496 g/mol. The topological polar surface area (TPSA) is 88.6 Å². The first-order valence-electron chi connectivity index (χ1n) is 11.6. The van der Waals surface area contributed by atoms with Crippen LogP contribution in [0, 0.1) is 6.92 Å². The predicted molar refractivity (Wildman–Crippen MR) is 139 cm³/mol. The minimum absolute atomic E-state index is 0.105. The highest BCUT2D eigenvalue weighted by molar-refractivity contribution is 7.89. The van der Waals surface area contributed by atoms with Crippen molar-refractivity contribution in [1.29, 1.82) is 0 Å². The van der Waals surface area contributed by atoms with Crippen LogP contribution in [-0.4, -0.2) is 42.5 Å². The predicted octanol–water partition coefficient (Wildman–Crippen LogP) is 5.21. The second kappa shape index (κ2) is 11.5. The number of pyridine rings is 1. The molecule has 1 aromatic heterocycles. The van der Waals surface area contributed by atoms with Gasteiger partial charge in [-0.1, -0.05) is 48.5 Å². The van der Waals surface area contributed by atoms with E-state index >= 15 is 0 Å². The van der Waals surface area contributed by atoms with Gasteiger partial charge in [-0.05, 0) is 57.7 Å². The lowest BCUT2D eigenvalue weighted by molar-refractivity contribution is 0.0552. The van der Waals surface area contributed by atoms with Gasteiger partial charge in [0.05, 0.1) is 4.90 Å². The highest BCUT2D eigenvalue weighted by atomic mass is 32.2. The summed E-state index contributed by atoms with van der Waals surface area (Å²) in [6.45, 7) is 7.62. The molecule has 7 nitrogen and oxygen atoms in total. The zero-order valence-electron chi connectivity index (χ0n) is 20.7. The second-order valence-electron chi connectivity index (χ2n) is 9.31. The quantitative estimate of drug-likeness (QED) is 0.440. The summed E-state index contributed by atoms with van der Waals surface area (Å²) in [6, 6.07) is 15.2. The summed E-state index contributed by atoms with van der Waals surface area (Å²) in [5.74, 6) is 0. The van der Waals surface area contributed by atoms with Crippen molar-refractivity contribution >= 4 is 26.9 Å². The van der Waals surface area contributed by atoms with Gasteiger partial charge in [-0.3, -0.25) is 10.3 Å². The monoisotopic (exact) mass is 495 g/mol. The number of ether oxygens (including phenoxy) is 1. The number of hydrogen-bond donors (Lipinski definition) is 1. The number of rotatable bonds is 9. The van der Waals surface area contributed by atoms with E-state index in [0.29, 0.717) is 18.4 Å². The van der Waals surface area contributed by atoms with Crippen LogP contribution < -0.4 is 5.32 Å². The number of hydrogen-bond acceptors (Lipinski definition) is 5. The van der Waals surface area contributed by atoms with Crippen molar-refractivity contribution in [2.24, 2.45) is 0 Å². The molecule has 2 aromatic carbocycles. The number of carbonyl (C=O) groups excluding carboxylic acids is 1. The fraction of sp³-hybridized carbons (Fsp3) is 0.333. The molecular weight excluding hydrogens is 462 g/mol. The first kappa shape index (κ1) is 26.4. The van der Waals surface area contributed by atoms with Gasteiger partial charge in [0, 0.05) is 42.5 Å². The van der Waals surface area contributed by atoms with Crippen LogP contribution in [0.4, 0.5) is 4.79 Å². The molecule has 0 saturated carbocycles. The van der Waals surface area contributed by atoms with Gasteiger partial charge in [0.25, 0.3) is 0 Å². The van der Waals surface area contributed by atoms with E-state index in [1.807, 2.05) is 43.3 Å². The van der Waals surface area contributed by atoms with E-state index in [-0.39, 0.29) is 11.4 Å². The maximum Gasteiger partial charge on any atom is 0.411 e. The summed E-state index contributed by atoms with van der Waals surface area (Å²) in [5, 5.41) is 3.98.